The zero-order chi connectivity index (χ0) is 22.1. The van der Waals surface area contributed by atoms with E-state index in [-0.39, 0.29) is 36.1 Å². The zero-order valence-electron chi connectivity index (χ0n) is 19.9. The molecule has 0 aromatic heterocycles. The van der Waals surface area contributed by atoms with Crippen molar-refractivity contribution in [2.45, 2.75) is 65.8 Å². The Morgan fingerprint density at radius 2 is 1.81 bits per heavy atom. The molecule has 1 amide bonds. The maximum absolute atomic E-state index is 12.0. The molecule has 1 aromatic carbocycles. The largest absolute Gasteiger partial charge is 0.444 e. The fraction of sp³-hybridized carbons (Fsp3) is 0.652. The molecular weight excluding hydrogens is 505 g/mol. The number of nitrogens with one attached hydrogen (secondary N) is 2. The van der Waals surface area contributed by atoms with Crippen molar-refractivity contribution in [3.8, 4) is 0 Å². The van der Waals surface area contributed by atoms with Gasteiger partial charge in [-0.15, -0.1) is 24.0 Å². The van der Waals surface area contributed by atoms with Crippen molar-refractivity contribution in [3.63, 3.8) is 0 Å². The quantitative estimate of drug-likeness (QED) is 0.310. The van der Waals surface area contributed by atoms with Crippen molar-refractivity contribution >= 4 is 36.0 Å². The highest BCUT2D eigenvalue weighted by Gasteiger charge is 2.27. The van der Waals surface area contributed by atoms with E-state index in [4.69, 9.17) is 4.74 Å². The second kappa shape index (κ2) is 13.1. The molecule has 1 unspecified atom stereocenters. The van der Waals surface area contributed by atoms with Crippen LogP contribution in [0.5, 0.6) is 0 Å². The topological polar surface area (TPSA) is 69.2 Å². The number of hydrogen-bond donors (Lipinski definition) is 2. The van der Waals surface area contributed by atoms with E-state index >= 15 is 0 Å². The first-order chi connectivity index (χ1) is 14.2. The number of guanidine groups is 1. The van der Waals surface area contributed by atoms with Gasteiger partial charge in [-0.3, -0.25) is 9.89 Å². The molecule has 1 heterocycles. The lowest BCUT2D eigenvalue weighted by Gasteiger charge is -2.23. The fourth-order valence-electron chi connectivity index (χ4n) is 3.53. The van der Waals surface area contributed by atoms with E-state index in [0.717, 1.165) is 51.6 Å². The molecule has 0 spiro atoms. The van der Waals surface area contributed by atoms with Crippen LogP contribution in [0, 0.1) is 0 Å². The zero-order valence-corrected chi connectivity index (χ0v) is 22.2. The summed E-state index contributed by atoms with van der Waals surface area (Å²) >= 11 is 0. The van der Waals surface area contributed by atoms with E-state index in [2.05, 4.69) is 63.5 Å². The van der Waals surface area contributed by atoms with Crippen molar-refractivity contribution in [1.82, 2.24) is 20.4 Å². The molecule has 8 heteroatoms. The number of likely N-dealkylation sites (tertiary alicyclic amines) is 1. The fourth-order valence-corrected chi connectivity index (χ4v) is 3.53. The van der Waals surface area contributed by atoms with Gasteiger partial charge in [0.05, 0.1) is 6.04 Å². The van der Waals surface area contributed by atoms with Crippen LogP contribution < -0.4 is 10.6 Å². The Labute approximate surface area is 205 Å². The number of rotatable bonds is 7. The smallest absolute Gasteiger partial charge is 0.407 e. The van der Waals surface area contributed by atoms with Crippen LogP contribution in [-0.2, 0) is 17.8 Å². The van der Waals surface area contributed by atoms with Crippen LogP contribution in [-0.4, -0.2) is 66.7 Å². The van der Waals surface area contributed by atoms with Gasteiger partial charge in [-0.1, -0.05) is 38.1 Å². The summed E-state index contributed by atoms with van der Waals surface area (Å²) in [5, 5.41) is 6.40. The molecule has 176 valence electrons. The molecule has 1 aromatic rings. The van der Waals surface area contributed by atoms with Crippen molar-refractivity contribution < 1.29 is 9.53 Å². The van der Waals surface area contributed by atoms with Gasteiger partial charge in [0.1, 0.15) is 5.60 Å². The predicted molar refractivity (Wildman–Crippen MR) is 138 cm³/mol. The minimum atomic E-state index is -0.485. The number of ether oxygens (including phenoxy) is 1. The standard InChI is InChI=1S/C23H39N5O2.HI/c1-7-27(8-2)16-19-11-9-18(10-12-19)15-25-21(24-6)28-14-13-20(17-28)26-22(29)30-23(3,4)5;/h9-12,20H,7-8,13-17H2,1-6H3,(H,24,25)(H,26,29);1H. The number of carbonyl (C=O) groups excluding carboxylic acids is 1. The number of carbonyl (C=O) groups is 1. The van der Waals surface area contributed by atoms with Gasteiger partial charge in [-0.05, 0) is 51.4 Å². The molecule has 0 aliphatic carbocycles. The lowest BCUT2D eigenvalue weighted by atomic mass is 10.1. The number of halogens is 1. The van der Waals surface area contributed by atoms with Gasteiger partial charge in [0.2, 0.25) is 0 Å². The van der Waals surface area contributed by atoms with E-state index in [1.165, 1.54) is 11.1 Å². The highest BCUT2D eigenvalue weighted by molar-refractivity contribution is 14.0. The molecule has 1 aliphatic rings. The van der Waals surface area contributed by atoms with Crippen molar-refractivity contribution in [3.05, 3.63) is 35.4 Å². The highest BCUT2D eigenvalue weighted by Crippen LogP contribution is 2.13. The van der Waals surface area contributed by atoms with Gasteiger partial charge < -0.3 is 20.3 Å². The van der Waals surface area contributed by atoms with E-state index < -0.39 is 5.60 Å². The van der Waals surface area contributed by atoms with Crippen LogP contribution in [0.15, 0.2) is 29.3 Å². The number of nitrogens with zero attached hydrogens (tertiary/aromatic N) is 3. The molecule has 2 N–H and O–H groups in total. The first kappa shape index (κ1) is 27.5. The number of alkyl carbamates (subject to hydrolysis) is 1. The third kappa shape index (κ3) is 9.64. The summed E-state index contributed by atoms with van der Waals surface area (Å²) < 4.78 is 5.36. The monoisotopic (exact) mass is 545 g/mol. The Bertz CT molecular complexity index is 699. The number of hydrogen-bond acceptors (Lipinski definition) is 4. The SMILES string of the molecule is CCN(CC)Cc1ccc(CNC(=NC)N2CCC(NC(=O)OC(C)(C)C)C2)cc1.I. The Hall–Kier alpha value is -1.55. The van der Waals surface area contributed by atoms with Gasteiger partial charge in [-0.25, -0.2) is 4.79 Å². The Balaban J connectivity index is 0.00000480. The summed E-state index contributed by atoms with van der Waals surface area (Å²) in [5.41, 5.74) is 2.07. The Morgan fingerprint density at radius 3 is 2.35 bits per heavy atom. The average Bonchev–Trinajstić information content (AvgIpc) is 3.14. The van der Waals surface area contributed by atoms with E-state index in [9.17, 15) is 4.79 Å². The average molecular weight is 546 g/mol. The minimum absolute atomic E-state index is 0. The van der Waals surface area contributed by atoms with E-state index in [1.54, 1.807) is 7.05 Å². The second-order valence-corrected chi connectivity index (χ2v) is 8.76. The third-order valence-corrected chi connectivity index (χ3v) is 5.19. The molecule has 31 heavy (non-hydrogen) atoms. The van der Waals surface area contributed by atoms with Crippen molar-refractivity contribution in [1.29, 1.82) is 0 Å². The minimum Gasteiger partial charge on any atom is -0.444 e. The highest BCUT2D eigenvalue weighted by atomic mass is 127. The number of aliphatic imine (C=N–C) groups is 1. The summed E-state index contributed by atoms with van der Waals surface area (Å²) in [6.07, 6.45) is 0.516. The maximum Gasteiger partial charge on any atom is 0.407 e. The first-order valence-corrected chi connectivity index (χ1v) is 11.0. The molecule has 1 fully saturated rings. The van der Waals surface area contributed by atoms with Crippen LogP contribution in [0.4, 0.5) is 4.79 Å². The summed E-state index contributed by atoms with van der Waals surface area (Å²) in [4.78, 5) is 21.0. The first-order valence-electron chi connectivity index (χ1n) is 11.0. The molecule has 1 saturated heterocycles. The van der Waals surface area contributed by atoms with E-state index in [0.29, 0.717) is 0 Å². The number of benzene rings is 1. The lowest BCUT2D eigenvalue weighted by molar-refractivity contribution is 0.0507. The lowest BCUT2D eigenvalue weighted by Crippen LogP contribution is -2.44. The van der Waals surface area contributed by atoms with Crippen LogP contribution in [0.25, 0.3) is 0 Å². The van der Waals surface area contributed by atoms with Crippen LogP contribution in [0.3, 0.4) is 0 Å². The molecule has 2 rings (SSSR count). The van der Waals surface area contributed by atoms with Crippen LogP contribution in [0.2, 0.25) is 0 Å². The van der Waals surface area contributed by atoms with Gasteiger partial charge in [0, 0.05) is 33.2 Å². The van der Waals surface area contributed by atoms with E-state index in [1.807, 2.05) is 20.8 Å². The number of amides is 1. The molecule has 0 radical (unpaired) electrons. The summed E-state index contributed by atoms with van der Waals surface area (Å²) in [5.74, 6) is 0.857. The van der Waals surface area contributed by atoms with Gasteiger partial charge >= 0.3 is 6.09 Å². The maximum atomic E-state index is 12.0. The molecule has 7 nitrogen and oxygen atoms in total. The second-order valence-electron chi connectivity index (χ2n) is 8.76. The Kier molecular flexibility index (Phi) is 11.6. The molecular formula is C23H40IN5O2. The van der Waals surface area contributed by atoms with Crippen LogP contribution >= 0.6 is 24.0 Å². The Morgan fingerprint density at radius 1 is 1.19 bits per heavy atom. The molecule has 1 aliphatic heterocycles. The summed E-state index contributed by atoms with van der Waals surface area (Å²) in [7, 11) is 1.80. The third-order valence-electron chi connectivity index (χ3n) is 5.19. The van der Waals surface area contributed by atoms with Gasteiger partial charge in [-0.2, -0.15) is 0 Å². The molecule has 0 bridgehead atoms. The predicted octanol–water partition coefficient (Wildman–Crippen LogP) is 3.82. The van der Waals surface area contributed by atoms with Gasteiger partial charge in [0.25, 0.3) is 0 Å². The van der Waals surface area contributed by atoms with Crippen molar-refractivity contribution in [2.24, 2.45) is 4.99 Å². The summed E-state index contributed by atoms with van der Waals surface area (Å²) in [6, 6.07) is 8.83. The normalized spacial score (nSPS) is 16.8. The van der Waals surface area contributed by atoms with Crippen molar-refractivity contribution in [2.75, 3.05) is 33.2 Å². The van der Waals surface area contributed by atoms with Gasteiger partial charge in [0.15, 0.2) is 5.96 Å². The van der Waals surface area contributed by atoms with Crippen LogP contribution in [0.1, 0.15) is 52.2 Å². The molecule has 0 saturated carbocycles. The molecule has 1 atom stereocenters. The summed E-state index contributed by atoms with van der Waals surface area (Å²) in [6.45, 7) is 15.4.